The molecule has 0 saturated heterocycles. The van der Waals surface area contributed by atoms with Crippen LogP contribution in [0.1, 0.15) is 27.5 Å². The molecule has 2 aromatic carbocycles. The molecule has 1 aliphatic rings. The third-order valence-corrected chi connectivity index (χ3v) is 4.49. The Morgan fingerprint density at radius 2 is 1.81 bits per heavy atom. The van der Waals surface area contributed by atoms with Gasteiger partial charge >= 0.3 is 0 Å². The molecule has 0 fully saturated rings. The minimum atomic E-state index is -0.486. The standard InChI is InChI=1S/C21H15N3O3/c25-21-17-6-1-2-7-19(17)23-20(15-4-3-5-16(13-15)24(26)27)18(21)12-14-8-10-22-11-9-14/h1-13,20,23H/b18-12+. The van der Waals surface area contributed by atoms with E-state index < -0.39 is 11.0 Å². The Hall–Kier alpha value is -3.80. The highest BCUT2D eigenvalue weighted by molar-refractivity contribution is 6.17. The first-order valence-corrected chi connectivity index (χ1v) is 8.40. The lowest BCUT2D eigenvalue weighted by Crippen LogP contribution is -2.26. The van der Waals surface area contributed by atoms with Gasteiger partial charge in [0.05, 0.1) is 11.0 Å². The average molecular weight is 357 g/mol. The van der Waals surface area contributed by atoms with Gasteiger partial charge in [-0.05, 0) is 41.5 Å². The Balaban J connectivity index is 1.87. The van der Waals surface area contributed by atoms with Crippen molar-refractivity contribution in [3.05, 3.63) is 105 Å². The topological polar surface area (TPSA) is 85.1 Å². The maximum Gasteiger partial charge on any atom is 0.269 e. The fraction of sp³-hybridized carbons (Fsp3) is 0.0476. The number of fused-ring (bicyclic) bond motifs is 1. The highest BCUT2D eigenvalue weighted by Gasteiger charge is 2.31. The molecule has 6 heteroatoms. The highest BCUT2D eigenvalue weighted by Crippen LogP contribution is 2.38. The molecule has 0 spiro atoms. The fourth-order valence-corrected chi connectivity index (χ4v) is 3.20. The van der Waals surface area contributed by atoms with Crippen LogP contribution in [0.4, 0.5) is 11.4 Å². The van der Waals surface area contributed by atoms with E-state index in [-0.39, 0.29) is 11.5 Å². The van der Waals surface area contributed by atoms with Crippen LogP contribution < -0.4 is 5.32 Å². The Bertz CT molecular complexity index is 1060. The fourth-order valence-electron chi connectivity index (χ4n) is 3.20. The second-order valence-electron chi connectivity index (χ2n) is 6.18. The summed E-state index contributed by atoms with van der Waals surface area (Å²) in [4.78, 5) is 27.9. The van der Waals surface area contributed by atoms with Gasteiger partial charge in [0.25, 0.3) is 5.69 Å². The van der Waals surface area contributed by atoms with Gasteiger partial charge in [0.2, 0.25) is 0 Å². The molecule has 27 heavy (non-hydrogen) atoms. The maximum atomic E-state index is 13.2. The van der Waals surface area contributed by atoms with E-state index in [1.54, 1.807) is 36.7 Å². The summed E-state index contributed by atoms with van der Waals surface area (Å²) in [6.45, 7) is 0. The predicted octanol–water partition coefficient (Wildman–Crippen LogP) is 4.42. The first-order chi connectivity index (χ1) is 13.1. The molecule has 0 aliphatic carbocycles. The molecule has 6 nitrogen and oxygen atoms in total. The molecule has 132 valence electrons. The van der Waals surface area contributed by atoms with E-state index in [4.69, 9.17) is 0 Å². The quantitative estimate of drug-likeness (QED) is 0.426. The van der Waals surface area contributed by atoms with Gasteiger partial charge in [0, 0.05) is 41.4 Å². The third-order valence-electron chi connectivity index (χ3n) is 4.49. The number of nitro groups is 1. The number of rotatable bonds is 3. The highest BCUT2D eigenvalue weighted by atomic mass is 16.6. The van der Waals surface area contributed by atoms with Gasteiger partial charge in [-0.2, -0.15) is 0 Å². The number of non-ortho nitro benzene ring substituents is 1. The first-order valence-electron chi connectivity index (χ1n) is 8.40. The van der Waals surface area contributed by atoms with Crippen molar-refractivity contribution in [3.8, 4) is 0 Å². The zero-order valence-corrected chi connectivity index (χ0v) is 14.2. The lowest BCUT2D eigenvalue weighted by molar-refractivity contribution is -0.384. The lowest BCUT2D eigenvalue weighted by Gasteiger charge is -2.29. The number of ketones is 1. The van der Waals surface area contributed by atoms with Crippen molar-refractivity contribution in [2.75, 3.05) is 5.32 Å². The van der Waals surface area contributed by atoms with Crippen molar-refractivity contribution in [2.24, 2.45) is 0 Å². The van der Waals surface area contributed by atoms with Crippen molar-refractivity contribution in [1.29, 1.82) is 0 Å². The van der Waals surface area contributed by atoms with E-state index in [9.17, 15) is 14.9 Å². The molecule has 0 radical (unpaired) electrons. The van der Waals surface area contributed by atoms with E-state index in [2.05, 4.69) is 10.3 Å². The largest absolute Gasteiger partial charge is 0.373 e. The zero-order chi connectivity index (χ0) is 18.8. The van der Waals surface area contributed by atoms with Gasteiger partial charge in [-0.15, -0.1) is 0 Å². The molecule has 0 saturated carbocycles. The zero-order valence-electron chi connectivity index (χ0n) is 14.2. The van der Waals surface area contributed by atoms with Crippen LogP contribution in [0.2, 0.25) is 0 Å². The van der Waals surface area contributed by atoms with Crippen molar-refractivity contribution in [1.82, 2.24) is 4.98 Å². The van der Waals surface area contributed by atoms with Gasteiger partial charge in [-0.1, -0.05) is 24.3 Å². The van der Waals surface area contributed by atoms with Crippen molar-refractivity contribution in [2.45, 2.75) is 6.04 Å². The molecule has 1 N–H and O–H groups in total. The Morgan fingerprint density at radius 1 is 1.04 bits per heavy atom. The van der Waals surface area contributed by atoms with Crippen molar-refractivity contribution >= 4 is 23.2 Å². The molecule has 0 amide bonds. The van der Waals surface area contributed by atoms with E-state index in [1.165, 1.54) is 12.1 Å². The van der Waals surface area contributed by atoms with Gasteiger partial charge < -0.3 is 5.32 Å². The number of nitrogens with zero attached hydrogens (tertiary/aromatic N) is 2. The number of nitro benzene ring substituents is 1. The number of hydrogen-bond acceptors (Lipinski definition) is 5. The molecule has 1 aromatic heterocycles. The van der Waals surface area contributed by atoms with E-state index in [1.807, 2.05) is 30.3 Å². The van der Waals surface area contributed by atoms with Crippen LogP contribution in [-0.2, 0) is 0 Å². The van der Waals surface area contributed by atoms with Gasteiger partial charge in [0.15, 0.2) is 5.78 Å². The number of Topliss-reactive ketones (excluding diaryl/α,β-unsaturated/α-hetero) is 1. The number of carbonyl (C=O) groups excluding carboxylic acids is 1. The second kappa shape index (κ2) is 6.84. The number of pyridine rings is 1. The summed E-state index contributed by atoms with van der Waals surface area (Å²) in [5.74, 6) is -0.0994. The first kappa shape index (κ1) is 16.7. The summed E-state index contributed by atoms with van der Waals surface area (Å²) in [5.41, 5.74) is 3.31. The lowest BCUT2D eigenvalue weighted by atomic mass is 9.86. The van der Waals surface area contributed by atoms with E-state index >= 15 is 0 Å². The summed E-state index contributed by atoms with van der Waals surface area (Å²) in [5, 5.41) is 14.5. The molecule has 2 heterocycles. The molecular formula is C21H15N3O3. The number of hydrogen-bond donors (Lipinski definition) is 1. The minimum Gasteiger partial charge on any atom is -0.373 e. The van der Waals surface area contributed by atoms with Crippen molar-refractivity contribution in [3.63, 3.8) is 0 Å². The van der Waals surface area contributed by atoms with Gasteiger partial charge in [0.1, 0.15) is 0 Å². The maximum absolute atomic E-state index is 13.2. The Labute approximate surface area is 155 Å². The number of anilines is 1. The molecule has 0 bridgehead atoms. The minimum absolute atomic E-state index is 0.0103. The second-order valence-corrected chi connectivity index (χ2v) is 6.18. The molecule has 1 unspecified atom stereocenters. The molecular weight excluding hydrogens is 342 g/mol. The molecule has 4 rings (SSSR count). The number of benzene rings is 2. The summed E-state index contributed by atoms with van der Waals surface area (Å²) in [7, 11) is 0. The van der Waals surface area contributed by atoms with Crippen molar-refractivity contribution < 1.29 is 9.72 Å². The molecule has 1 atom stereocenters. The average Bonchev–Trinajstić information content (AvgIpc) is 2.71. The number of nitrogens with one attached hydrogen (secondary N) is 1. The SMILES string of the molecule is O=C1/C(=C/c2ccncc2)C(c2cccc([N+](=O)[O-])c2)Nc2ccccc21. The van der Waals surface area contributed by atoms with Crippen LogP contribution in [0.25, 0.3) is 6.08 Å². The Kier molecular flexibility index (Phi) is 4.22. The van der Waals surface area contributed by atoms with Gasteiger partial charge in [-0.3, -0.25) is 19.9 Å². The van der Waals surface area contributed by atoms with Gasteiger partial charge in [-0.25, -0.2) is 0 Å². The predicted molar refractivity (Wildman–Crippen MR) is 102 cm³/mol. The van der Waals surface area contributed by atoms with Crippen LogP contribution in [-0.4, -0.2) is 15.7 Å². The summed E-state index contributed by atoms with van der Waals surface area (Å²) < 4.78 is 0. The Morgan fingerprint density at radius 3 is 2.59 bits per heavy atom. The van der Waals surface area contributed by atoms with Crippen LogP contribution >= 0.6 is 0 Å². The number of carbonyl (C=O) groups is 1. The summed E-state index contributed by atoms with van der Waals surface area (Å²) in [6.07, 6.45) is 5.11. The van der Waals surface area contributed by atoms with Crippen LogP contribution in [0.15, 0.2) is 78.6 Å². The van der Waals surface area contributed by atoms with E-state index in [0.717, 1.165) is 5.56 Å². The summed E-state index contributed by atoms with van der Waals surface area (Å²) >= 11 is 0. The monoisotopic (exact) mass is 357 g/mol. The van der Waals surface area contributed by atoms with E-state index in [0.29, 0.717) is 22.4 Å². The molecule has 3 aromatic rings. The molecule has 1 aliphatic heterocycles. The third kappa shape index (κ3) is 3.20. The summed E-state index contributed by atoms with van der Waals surface area (Å²) in [6, 6.07) is 16.8. The smallest absolute Gasteiger partial charge is 0.269 e. The number of para-hydroxylation sites is 1. The van der Waals surface area contributed by atoms with Crippen LogP contribution in [0.3, 0.4) is 0 Å². The van der Waals surface area contributed by atoms with Crippen LogP contribution in [0, 0.1) is 10.1 Å². The normalized spacial score (nSPS) is 17.3. The van der Waals surface area contributed by atoms with Crippen LogP contribution in [0.5, 0.6) is 0 Å². The number of aromatic nitrogens is 1.